The summed E-state index contributed by atoms with van der Waals surface area (Å²) in [5, 5.41) is 1.08. The lowest BCUT2D eigenvalue weighted by Crippen LogP contribution is -1.86. The first-order valence-corrected chi connectivity index (χ1v) is 4.78. The van der Waals surface area contributed by atoms with Crippen LogP contribution in [0.1, 0.15) is 26.2 Å². The van der Waals surface area contributed by atoms with Crippen LogP contribution in [0, 0.1) is 4.83 Å². The number of hydrogen-bond donors (Lipinski definition) is 0. The maximum Gasteiger partial charge on any atom is 0.0419 e. The molecule has 0 bridgehead atoms. The standard InChI is InChI=1S/C6H11Br2/c1-2-3-6(8)4-5-7/h2-5H2,1H3. The minimum Gasteiger partial charge on any atom is -0.0928 e. The van der Waals surface area contributed by atoms with Gasteiger partial charge in [0.05, 0.1) is 0 Å². The third kappa shape index (κ3) is 5.10. The van der Waals surface area contributed by atoms with E-state index in [0.717, 1.165) is 11.8 Å². The van der Waals surface area contributed by atoms with E-state index in [1.165, 1.54) is 17.7 Å². The van der Waals surface area contributed by atoms with Gasteiger partial charge in [0.2, 0.25) is 0 Å². The van der Waals surface area contributed by atoms with Crippen molar-refractivity contribution in [3.63, 3.8) is 0 Å². The largest absolute Gasteiger partial charge is 0.0928 e. The molecular weight excluding hydrogens is 232 g/mol. The molecule has 0 spiro atoms. The van der Waals surface area contributed by atoms with Crippen molar-refractivity contribution in [2.45, 2.75) is 26.2 Å². The molecule has 1 radical (unpaired) electrons. The van der Waals surface area contributed by atoms with Gasteiger partial charge in [-0.05, 0) is 12.8 Å². The molecule has 0 saturated carbocycles. The molecule has 0 nitrogen and oxygen atoms in total. The minimum atomic E-state index is 1.08. The second kappa shape index (κ2) is 6.09. The smallest absolute Gasteiger partial charge is 0.0419 e. The lowest BCUT2D eigenvalue weighted by Gasteiger charge is -2.01. The Morgan fingerprint density at radius 1 is 1.38 bits per heavy atom. The Hall–Kier alpha value is 0.960. The second-order valence-corrected chi connectivity index (χ2v) is 3.62. The van der Waals surface area contributed by atoms with Crippen LogP contribution in [-0.2, 0) is 0 Å². The topological polar surface area (TPSA) is 0 Å². The Balaban J connectivity index is 2.92. The highest BCUT2D eigenvalue weighted by atomic mass is 79.9. The molecule has 0 amide bonds. The number of rotatable bonds is 4. The molecule has 0 saturated heterocycles. The average Bonchev–Trinajstić information content (AvgIpc) is 1.68. The molecule has 0 unspecified atom stereocenters. The monoisotopic (exact) mass is 241 g/mol. The summed E-state index contributed by atoms with van der Waals surface area (Å²) < 4.78 is 0. The summed E-state index contributed by atoms with van der Waals surface area (Å²) in [6, 6.07) is 0. The van der Waals surface area contributed by atoms with Gasteiger partial charge >= 0.3 is 0 Å². The molecule has 0 atom stereocenters. The lowest BCUT2D eigenvalue weighted by molar-refractivity contribution is 0.839. The van der Waals surface area contributed by atoms with Crippen LogP contribution in [0.15, 0.2) is 0 Å². The zero-order valence-electron chi connectivity index (χ0n) is 5.08. The molecule has 0 aromatic carbocycles. The second-order valence-electron chi connectivity index (χ2n) is 1.71. The predicted octanol–water partition coefficient (Wildman–Crippen LogP) is 3.50. The number of hydrogen-bond acceptors (Lipinski definition) is 0. The molecule has 0 fully saturated rings. The van der Waals surface area contributed by atoms with Gasteiger partial charge in [0, 0.05) is 10.2 Å². The number of halogens is 2. The molecule has 49 valence electrons. The van der Waals surface area contributed by atoms with Crippen LogP contribution in [0.4, 0.5) is 0 Å². The first-order chi connectivity index (χ1) is 3.81. The van der Waals surface area contributed by atoms with Crippen LogP contribution in [0.2, 0.25) is 0 Å². The molecule has 0 aromatic rings. The molecule has 0 aromatic heterocycles. The van der Waals surface area contributed by atoms with Crippen molar-refractivity contribution in [1.82, 2.24) is 0 Å². The Morgan fingerprint density at radius 3 is 2.38 bits per heavy atom. The first-order valence-electron chi connectivity index (χ1n) is 2.87. The van der Waals surface area contributed by atoms with Crippen LogP contribution in [0.3, 0.4) is 0 Å². The van der Waals surface area contributed by atoms with Crippen LogP contribution < -0.4 is 0 Å². The van der Waals surface area contributed by atoms with Crippen molar-refractivity contribution in [3.05, 3.63) is 4.83 Å². The Bertz CT molecular complexity index is 39.8. The van der Waals surface area contributed by atoms with E-state index in [1.807, 2.05) is 0 Å². The highest BCUT2D eigenvalue weighted by Gasteiger charge is 1.99. The Morgan fingerprint density at radius 2 is 2.00 bits per heavy atom. The van der Waals surface area contributed by atoms with Crippen molar-refractivity contribution < 1.29 is 0 Å². The summed E-state index contributed by atoms with van der Waals surface area (Å²) >= 11 is 6.85. The van der Waals surface area contributed by atoms with Crippen molar-refractivity contribution >= 4 is 31.9 Å². The van der Waals surface area contributed by atoms with Gasteiger partial charge in [0.1, 0.15) is 0 Å². The van der Waals surface area contributed by atoms with Gasteiger partial charge < -0.3 is 0 Å². The van der Waals surface area contributed by atoms with Crippen molar-refractivity contribution in [1.29, 1.82) is 0 Å². The average molecular weight is 243 g/mol. The SMILES string of the molecule is CCC[C](Br)CCBr. The van der Waals surface area contributed by atoms with Gasteiger partial charge in [-0.15, -0.1) is 0 Å². The molecule has 0 aliphatic rings. The summed E-state index contributed by atoms with van der Waals surface area (Å²) in [5.74, 6) is 0. The molecule has 8 heavy (non-hydrogen) atoms. The maximum absolute atomic E-state index is 3.48. The van der Waals surface area contributed by atoms with E-state index < -0.39 is 0 Å². The van der Waals surface area contributed by atoms with Crippen LogP contribution >= 0.6 is 31.9 Å². The summed E-state index contributed by atoms with van der Waals surface area (Å²) in [5.41, 5.74) is 0. The van der Waals surface area contributed by atoms with E-state index in [-0.39, 0.29) is 0 Å². The van der Waals surface area contributed by atoms with E-state index in [0.29, 0.717) is 0 Å². The van der Waals surface area contributed by atoms with Gasteiger partial charge in [-0.25, -0.2) is 0 Å². The van der Waals surface area contributed by atoms with E-state index in [9.17, 15) is 0 Å². The third-order valence-electron chi connectivity index (χ3n) is 0.887. The Kier molecular flexibility index (Phi) is 6.82. The fraction of sp³-hybridized carbons (Fsp3) is 0.833. The highest BCUT2D eigenvalue weighted by molar-refractivity contribution is 9.11. The molecular formula is C6H11Br2. The van der Waals surface area contributed by atoms with E-state index in [4.69, 9.17) is 0 Å². The lowest BCUT2D eigenvalue weighted by atomic mass is 10.2. The minimum absolute atomic E-state index is 1.08. The molecule has 2 heteroatoms. The predicted molar refractivity (Wildman–Crippen MR) is 45.5 cm³/mol. The van der Waals surface area contributed by atoms with Crippen molar-refractivity contribution in [2.24, 2.45) is 0 Å². The zero-order valence-corrected chi connectivity index (χ0v) is 8.26. The highest BCUT2D eigenvalue weighted by Crippen LogP contribution is 2.21. The van der Waals surface area contributed by atoms with Gasteiger partial charge in [-0.3, -0.25) is 0 Å². The van der Waals surface area contributed by atoms with Crippen LogP contribution in [0.5, 0.6) is 0 Å². The van der Waals surface area contributed by atoms with Gasteiger partial charge in [0.25, 0.3) is 0 Å². The summed E-state index contributed by atoms with van der Waals surface area (Å²) in [6.07, 6.45) is 3.62. The van der Waals surface area contributed by atoms with E-state index >= 15 is 0 Å². The zero-order chi connectivity index (χ0) is 6.41. The van der Waals surface area contributed by atoms with Gasteiger partial charge in [0.15, 0.2) is 0 Å². The van der Waals surface area contributed by atoms with Crippen LogP contribution in [0.25, 0.3) is 0 Å². The van der Waals surface area contributed by atoms with Gasteiger partial charge in [-0.1, -0.05) is 45.2 Å². The summed E-state index contributed by atoms with van der Waals surface area (Å²) in [7, 11) is 0. The van der Waals surface area contributed by atoms with Crippen molar-refractivity contribution in [3.8, 4) is 0 Å². The maximum atomic E-state index is 3.48. The molecule has 0 aliphatic heterocycles. The van der Waals surface area contributed by atoms with Gasteiger partial charge in [-0.2, -0.15) is 0 Å². The fourth-order valence-electron chi connectivity index (χ4n) is 0.499. The summed E-state index contributed by atoms with van der Waals surface area (Å²) in [4.78, 5) is 1.43. The Labute approximate surface area is 68.3 Å². The first kappa shape index (κ1) is 8.96. The summed E-state index contributed by atoms with van der Waals surface area (Å²) in [6.45, 7) is 2.19. The third-order valence-corrected chi connectivity index (χ3v) is 2.08. The quantitative estimate of drug-likeness (QED) is 0.663. The number of alkyl halides is 1. The van der Waals surface area contributed by atoms with Crippen molar-refractivity contribution in [2.75, 3.05) is 5.33 Å². The normalized spacial score (nSPS) is 10.5. The molecule has 0 heterocycles. The fourth-order valence-corrected chi connectivity index (χ4v) is 2.10. The molecule has 0 N–H and O–H groups in total. The molecule has 0 rings (SSSR count). The molecule has 0 aliphatic carbocycles. The van der Waals surface area contributed by atoms with E-state index in [2.05, 4.69) is 38.8 Å². The van der Waals surface area contributed by atoms with E-state index in [1.54, 1.807) is 0 Å². The van der Waals surface area contributed by atoms with Crippen LogP contribution in [-0.4, -0.2) is 5.33 Å².